The summed E-state index contributed by atoms with van der Waals surface area (Å²) in [6.07, 6.45) is -0.580. The summed E-state index contributed by atoms with van der Waals surface area (Å²) in [5.41, 5.74) is 0. The molecular formula is C10H11FO4. The predicted octanol–water partition coefficient (Wildman–Crippen LogP) is 1.39. The van der Waals surface area contributed by atoms with E-state index in [0.717, 1.165) is 6.07 Å². The van der Waals surface area contributed by atoms with Gasteiger partial charge in [0, 0.05) is 13.0 Å². The van der Waals surface area contributed by atoms with Gasteiger partial charge in [0.2, 0.25) is 5.79 Å². The van der Waals surface area contributed by atoms with E-state index in [-0.39, 0.29) is 5.75 Å². The summed E-state index contributed by atoms with van der Waals surface area (Å²) in [6, 6.07) is 5.12. The van der Waals surface area contributed by atoms with Gasteiger partial charge in [-0.3, -0.25) is 4.79 Å². The van der Waals surface area contributed by atoms with E-state index in [4.69, 9.17) is 9.84 Å². The molecular weight excluding hydrogens is 203 g/mol. The van der Waals surface area contributed by atoms with E-state index in [2.05, 4.69) is 0 Å². The van der Waals surface area contributed by atoms with Gasteiger partial charge in [-0.05, 0) is 12.1 Å². The first kappa shape index (κ1) is 11.5. The largest absolute Gasteiger partial charge is 0.481 e. The third-order valence-corrected chi connectivity index (χ3v) is 1.61. The highest BCUT2D eigenvalue weighted by Crippen LogP contribution is 2.19. The van der Waals surface area contributed by atoms with E-state index in [0.29, 0.717) is 0 Å². The van der Waals surface area contributed by atoms with Crippen LogP contribution in [0.2, 0.25) is 0 Å². The van der Waals surface area contributed by atoms with Crippen LogP contribution in [0.25, 0.3) is 0 Å². The van der Waals surface area contributed by atoms with E-state index in [9.17, 15) is 14.3 Å². The van der Waals surface area contributed by atoms with Gasteiger partial charge in [-0.2, -0.15) is 0 Å². The van der Waals surface area contributed by atoms with Crippen molar-refractivity contribution in [1.82, 2.24) is 0 Å². The number of aliphatic hydroxyl groups is 1. The molecule has 1 unspecified atom stereocenters. The van der Waals surface area contributed by atoms with Crippen LogP contribution < -0.4 is 4.74 Å². The summed E-state index contributed by atoms with van der Waals surface area (Å²) in [5, 5.41) is 18.0. The first-order chi connectivity index (χ1) is 6.89. The van der Waals surface area contributed by atoms with Gasteiger partial charge >= 0.3 is 5.97 Å². The Kier molecular flexibility index (Phi) is 3.26. The molecule has 1 aromatic rings. The normalized spacial score (nSPS) is 14.3. The Morgan fingerprint density at radius 2 is 2.27 bits per heavy atom. The molecule has 0 aliphatic rings. The van der Waals surface area contributed by atoms with Gasteiger partial charge in [0.15, 0.2) is 0 Å². The average Bonchev–Trinajstić information content (AvgIpc) is 1.99. The molecule has 2 N–H and O–H groups in total. The van der Waals surface area contributed by atoms with Gasteiger partial charge in [0.1, 0.15) is 18.0 Å². The molecule has 0 aliphatic heterocycles. The fourth-order valence-corrected chi connectivity index (χ4v) is 1.10. The van der Waals surface area contributed by atoms with Gasteiger partial charge in [0.25, 0.3) is 0 Å². The number of rotatable bonds is 4. The maximum Gasteiger partial charge on any atom is 0.310 e. The number of carbonyl (C=O) groups is 1. The Bertz CT molecular complexity index is 362. The molecule has 0 saturated heterocycles. The van der Waals surface area contributed by atoms with E-state index in [1.54, 1.807) is 0 Å². The van der Waals surface area contributed by atoms with Gasteiger partial charge in [-0.15, -0.1) is 0 Å². The second-order valence-electron chi connectivity index (χ2n) is 3.30. The van der Waals surface area contributed by atoms with Gasteiger partial charge < -0.3 is 14.9 Å². The third-order valence-electron chi connectivity index (χ3n) is 1.61. The SMILES string of the molecule is CC(O)(CC(=O)O)Oc1cccc(F)c1. The van der Waals surface area contributed by atoms with Gasteiger partial charge in [-0.1, -0.05) is 6.07 Å². The van der Waals surface area contributed by atoms with E-state index < -0.39 is 24.0 Å². The quantitative estimate of drug-likeness (QED) is 0.743. The van der Waals surface area contributed by atoms with Crippen LogP contribution in [0.3, 0.4) is 0 Å². The van der Waals surface area contributed by atoms with Crippen LogP contribution in [0.5, 0.6) is 5.75 Å². The third kappa shape index (κ3) is 3.95. The number of hydrogen-bond donors (Lipinski definition) is 2. The molecule has 0 fully saturated rings. The van der Waals surface area contributed by atoms with Crippen molar-refractivity contribution >= 4 is 5.97 Å². The number of benzene rings is 1. The fourth-order valence-electron chi connectivity index (χ4n) is 1.10. The zero-order valence-electron chi connectivity index (χ0n) is 8.11. The minimum Gasteiger partial charge on any atom is -0.481 e. The van der Waals surface area contributed by atoms with Crippen molar-refractivity contribution in [3.63, 3.8) is 0 Å². The Balaban J connectivity index is 2.72. The van der Waals surface area contributed by atoms with Crippen molar-refractivity contribution in [3.8, 4) is 5.75 Å². The Labute approximate surface area is 85.9 Å². The minimum atomic E-state index is -1.85. The Morgan fingerprint density at radius 1 is 1.60 bits per heavy atom. The summed E-state index contributed by atoms with van der Waals surface area (Å²) in [6.45, 7) is 1.20. The van der Waals surface area contributed by atoms with Crippen molar-refractivity contribution in [1.29, 1.82) is 0 Å². The molecule has 0 amide bonds. The van der Waals surface area contributed by atoms with Crippen molar-refractivity contribution in [2.24, 2.45) is 0 Å². The standard InChI is InChI=1S/C10H11FO4/c1-10(14,6-9(12)13)15-8-4-2-3-7(11)5-8/h2-5,14H,6H2,1H3,(H,12,13). The molecule has 1 rings (SSSR count). The van der Waals surface area contributed by atoms with Crippen LogP contribution in [-0.4, -0.2) is 22.0 Å². The number of halogens is 1. The van der Waals surface area contributed by atoms with Crippen LogP contribution >= 0.6 is 0 Å². The maximum atomic E-state index is 12.7. The second kappa shape index (κ2) is 4.27. The lowest BCUT2D eigenvalue weighted by Gasteiger charge is -2.22. The summed E-state index contributed by atoms with van der Waals surface area (Å²) in [7, 11) is 0. The molecule has 1 aromatic carbocycles. The number of aliphatic carboxylic acids is 1. The predicted molar refractivity (Wildman–Crippen MR) is 49.9 cm³/mol. The molecule has 0 aromatic heterocycles. The lowest BCUT2D eigenvalue weighted by atomic mass is 10.2. The molecule has 15 heavy (non-hydrogen) atoms. The summed E-state index contributed by atoms with van der Waals surface area (Å²) >= 11 is 0. The highest BCUT2D eigenvalue weighted by atomic mass is 19.1. The lowest BCUT2D eigenvalue weighted by molar-refractivity contribution is -0.161. The minimum absolute atomic E-state index is 0.0845. The van der Waals surface area contributed by atoms with Crippen molar-refractivity contribution in [3.05, 3.63) is 30.1 Å². The number of hydrogen-bond acceptors (Lipinski definition) is 3. The smallest absolute Gasteiger partial charge is 0.310 e. The Hall–Kier alpha value is -1.62. The molecule has 0 radical (unpaired) electrons. The van der Waals surface area contributed by atoms with Crippen molar-refractivity contribution in [2.75, 3.05) is 0 Å². The first-order valence-corrected chi connectivity index (χ1v) is 4.28. The molecule has 0 aliphatic carbocycles. The Morgan fingerprint density at radius 3 is 2.80 bits per heavy atom. The second-order valence-corrected chi connectivity index (χ2v) is 3.30. The van der Waals surface area contributed by atoms with Gasteiger partial charge in [0.05, 0.1) is 0 Å². The van der Waals surface area contributed by atoms with Crippen LogP contribution in [0.1, 0.15) is 13.3 Å². The molecule has 0 spiro atoms. The molecule has 0 saturated carbocycles. The van der Waals surface area contributed by atoms with Gasteiger partial charge in [-0.25, -0.2) is 4.39 Å². The zero-order valence-corrected chi connectivity index (χ0v) is 8.11. The highest BCUT2D eigenvalue weighted by molar-refractivity contribution is 5.67. The van der Waals surface area contributed by atoms with E-state index >= 15 is 0 Å². The molecule has 1 atom stereocenters. The van der Waals surface area contributed by atoms with Crippen LogP contribution in [0, 0.1) is 5.82 Å². The molecule has 0 heterocycles. The number of ether oxygens (including phenoxy) is 1. The molecule has 0 bridgehead atoms. The van der Waals surface area contributed by atoms with Crippen LogP contribution in [0.15, 0.2) is 24.3 Å². The molecule has 5 heteroatoms. The summed E-state index contributed by atoms with van der Waals surface area (Å²) in [4.78, 5) is 10.4. The lowest BCUT2D eigenvalue weighted by Crippen LogP contribution is -2.34. The van der Waals surface area contributed by atoms with Crippen molar-refractivity contribution in [2.45, 2.75) is 19.1 Å². The van der Waals surface area contributed by atoms with E-state index in [1.807, 2.05) is 0 Å². The average molecular weight is 214 g/mol. The van der Waals surface area contributed by atoms with Crippen LogP contribution in [-0.2, 0) is 4.79 Å². The topological polar surface area (TPSA) is 66.8 Å². The summed E-state index contributed by atoms with van der Waals surface area (Å²) < 4.78 is 17.7. The highest BCUT2D eigenvalue weighted by Gasteiger charge is 2.26. The molecule has 82 valence electrons. The fraction of sp³-hybridized carbons (Fsp3) is 0.300. The molecule has 4 nitrogen and oxygen atoms in total. The van der Waals surface area contributed by atoms with Crippen LogP contribution in [0.4, 0.5) is 4.39 Å². The monoisotopic (exact) mass is 214 g/mol. The maximum absolute atomic E-state index is 12.7. The number of carboxylic acid groups (broad SMARTS) is 1. The first-order valence-electron chi connectivity index (χ1n) is 4.28. The van der Waals surface area contributed by atoms with Crippen molar-refractivity contribution < 1.29 is 24.1 Å². The summed E-state index contributed by atoms with van der Waals surface area (Å²) in [5.74, 6) is -3.48. The van der Waals surface area contributed by atoms with E-state index in [1.165, 1.54) is 25.1 Å². The number of carboxylic acids is 1. The zero-order chi connectivity index (χ0) is 11.5.